The lowest BCUT2D eigenvalue weighted by Gasteiger charge is -2.08. The first kappa shape index (κ1) is 19.7. The Morgan fingerprint density at radius 1 is 1.04 bits per heavy atom. The third-order valence-electron chi connectivity index (χ3n) is 3.79. The smallest absolute Gasteiger partial charge is 0.259 e. The van der Waals surface area contributed by atoms with Crippen LogP contribution in [0.1, 0.15) is 19.9 Å². The molecule has 0 aliphatic rings. The van der Waals surface area contributed by atoms with Crippen LogP contribution in [0.4, 0.5) is 17.3 Å². The van der Waals surface area contributed by atoms with E-state index in [0.29, 0.717) is 18.2 Å². The fraction of sp³-hybridized carbons (Fsp3) is 0.294. The second-order valence-corrected chi connectivity index (χ2v) is 7.96. The largest absolute Gasteiger partial charge is 0.367 e. The molecule has 0 saturated heterocycles. The molecule has 0 amide bonds. The normalized spacial score (nSPS) is 11.5. The fourth-order valence-corrected chi connectivity index (χ4v) is 3.23. The highest BCUT2D eigenvalue weighted by Crippen LogP contribution is 2.13. The van der Waals surface area contributed by atoms with Gasteiger partial charge in [0.2, 0.25) is 0 Å². The Morgan fingerprint density at radius 3 is 2.39 bits per heavy atom. The van der Waals surface area contributed by atoms with Crippen LogP contribution in [0.3, 0.4) is 0 Å². The fourth-order valence-electron chi connectivity index (χ4n) is 2.27. The van der Waals surface area contributed by atoms with Crippen molar-refractivity contribution < 1.29 is 8.42 Å². The number of hydrogen-bond acceptors (Lipinski definition) is 8. The molecule has 0 spiro atoms. The number of rotatable bonds is 9. The van der Waals surface area contributed by atoms with Crippen LogP contribution in [0.2, 0.25) is 0 Å². The van der Waals surface area contributed by atoms with Crippen LogP contribution in [0.15, 0.2) is 54.2 Å². The summed E-state index contributed by atoms with van der Waals surface area (Å²) in [4.78, 5) is 7.90. The van der Waals surface area contributed by atoms with Crippen molar-refractivity contribution in [2.45, 2.75) is 24.9 Å². The van der Waals surface area contributed by atoms with Crippen LogP contribution in [0.5, 0.6) is 0 Å². The van der Waals surface area contributed by atoms with Crippen LogP contribution >= 0.6 is 0 Å². The molecule has 3 heterocycles. The van der Waals surface area contributed by atoms with Crippen LogP contribution in [0.25, 0.3) is 0 Å². The van der Waals surface area contributed by atoms with Gasteiger partial charge in [0.05, 0.1) is 6.33 Å². The molecule has 11 heteroatoms. The molecule has 0 aliphatic carbocycles. The van der Waals surface area contributed by atoms with Crippen LogP contribution in [0, 0.1) is 0 Å². The van der Waals surface area contributed by atoms with Gasteiger partial charge >= 0.3 is 0 Å². The number of pyridine rings is 1. The summed E-state index contributed by atoms with van der Waals surface area (Å²) in [6.07, 6.45) is 6.38. The molecule has 0 aliphatic heterocycles. The molecule has 148 valence electrons. The average molecular weight is 402 g/mol. The van der Waals surface area contributed by atoms with Gasteiger partial charge in [-0.1, -0.05) is 0 Å². The van der Waals surface area contributed by atoms with E-state index in [1.54, 1.807) is 29.1 Å². The summed E-state index contributed by atoms with van der Waals surface area (Å²) in [5, 5.41) is 14.3. The standard InChI is InChI=1S/C17H22N8O2S/c1-13(2)25-11-17(20-12-25)28(26,27)21-10-9-19-15-3-4-16(24-23-15)22-14-5-7-18-8-6-14/h3-8,11-13,21H,9-10H2,1-2H3,(H,19,23)(H,18,22,24). The van der Waals surface area contributed by atoms with Gasteiger partial charge in [-0.15, -0.1) is 10.2 Å². The van der Waals surface area contributed by atoms with Crippen molar-refractivity contribution in [1.82, 2.24) is 29.5 Å². The lowest BCUT2D eigenvalue weighted by molar-refractivity contribution is 0.577. The van der Waals surface area contributed by atoms with E-state index < -0.39 is 10.0 Å². The Labute approximate surface area is 163 Å². The summed E-state index contributed by atoms with van der Waals surface area (Å²) in [5.41, 5.74) is 0.860. The van der Waals surface area contributed by atoms with Gasteiger partial charge in [-0.3, -0.25) is 4.98 Å². The van der Waals surface area contributed by atoms with E-state index in [1.807, 2.05) is 26.0 Å². The molecule has 0 fully saturated rings. The SMILES string of the molecule is CC(C)n1cnc(S(=O)(=O)NCCNc2ccc(Nc3ccncc3)nn2)c1. The molecule has 10 nitrogen and oxygen atoms in total. The van der Waals surface area contributed by atoms with E-state index >= 15 is 0 Å². The molecule has 0 aromatic carbocycles. The molecule has 28 heavy (non-hydrogen) atoms. The summed E-state index contributed by atoms with van der Waals surface area (Å²) in [5.74, 6) is 1.14. The molecule has 3 aromatic rings. The lowest BCUT2D eigenvalue weighted by Crippen LogP contribution is -2.29. The first-order valence-electron chi connectivity index (χ1n) is 8.72. The zero-order chi connectivity index (χ0) is 20.0. The number of hydrogen-bond donors (Lipinski definition) is 3. The average Bonchev–Trinajstić information content (AvgIpc) is 3.19. The van der Waals surface area contributed by atoms with E-state index in [0.717, 1.165) is 5.69 Å². The number of nitrogens with one attached hydrogen (secondary N) is 3. The molecule has 3 N–H and O–H groups in total. The highest BCUT2D eigenvalue weighted by atomic mass is 32.2. The van der Waals surface area contributed by atoms with Gasteiger partial charge in [0.25, 0.3) is 10.0 Å². The summed E-state index contributed by atoms with van der Waals surface area (Å²) in [6, 6.07) is 7.33. The first-order chi connectivity index (χ1) is 13.4. The number of imidazole rings is 1. The second-order valence-electron chi connectivity index (χ2n) is 6.24. The molecule has 0 saturated carbocycles. The van der Waals surface area contributed by atoms with Gasteiger partial charge in [0.1, 0.15) is 5.82 Å². The quantitative estimate of drug-likeness (QED) is 0.462. The molecule has 0 atom stereocenters. The minimum absolute atomic E-state index is 0.00697. The summed E-state index contributed by atoms with van der Waals surface area (Å²) >= 11 is 0. The van der Waals surface area contributed by atoms with Crippen LogP contribution in [-0.2, 0) is 10.0 Å². The zero-order valence-electron chi connectivity index (χ0n) is 15.6. The Kier molecular flexibility index (Phi) is 6.16. The minimum atomic E-state index is -3.64. The maximum Gasteiger partial charge on any atom is 0.259 e. The minimum Gasteiger partial charge on any atom is -0.367 e. The third-order valence-corrected chi connectivity index (χ3v) is 5.14. The van der Waals surface area contributed by atoms with Crippen LogP contribution < -0.4 is 15.4 Å². The molecule has 0 unspecified atom stereocenters. The monoisotopic (exact) mass is 402 g/mol. The predicted molar refractivity (Wildman–Crippen MR) is 106 cm³/mol. The van der Waals surface area contributed by atoms with E-state index in [4.69, 9.17) is 0 Å². The highest BCUT2D eigenvalue weighted by Gasteiger charge is 2.17. The Bertz CT molecular complexity index is 988. The molecular weight excluding hydrogens is 380 g/mol. The Hall–Kier alpha value is -3.05. The van der Waals surface area contributed by atoms with Gasteiger partial charge in [0.15, 0.2) is 10.8 Å². The third kappa shape index (κ3) is 5.24. The van der Waals surface area contributed by atoms with E-state index in [1.165, 1.54) is 12.5 Å². The number of anilines is 3. The van der Waals surface area contributed by atoms with E-state index in [2.05, 4.69) is 35.5 Å². The number of aromatic nitrogens is 5. The van der Waals surface area contributed by atoms with Crippen molar-refractivity contribution in [1.29, 1.82) is 0 Å². The van der Waals surface area contributed by atoms with Crippen molar-refractivity contribution in [3.05, 3.63) is 49.2 Å². The van der Waals surface area contributed by atoms with Gasteiger partial charge < -0.3 is 15.2 Å². The maximum absolute atomic E-state index is 12.2. The van der Waals surface area contributed by atoms with Crippen molar-refractivity contribution in [3.8, 4) is 0 Å². The highest BCUT2D eigenvalue weighted by molar-refractivity contribution is 7.89. The predicted octanol–water partition coefficient (Wildman–Crippen LogP) is 1.78. The summed E-state index contributed by atoms with van der Waals surface area (Å²) < 4.78 is 28.7. The maximum atomic E-state index is 12.2. The number of sulfonamides is 1. The van der Waals surface area contributed by atoms with Gasteiger partial charge in [-0.2, -0.15) is 0 Å². The Morgan fingerprint density at radius 2 is 1.75 bits per heavy atom. The van der Waals surface area contributed by atoms with Crippen molar-refractivity contribution in [2.24, 2.45) is 0 Å². The summed E-state index contributed by atoms with van der Waals surface area (Å²) in [6.45, 7) is 4.45. The van der Waals surface area contributed by atoms with E-state index in [9.17, 15) is 8.42 Å². The van der Waals surface area contributed by atoms with Crippen molar-refractivity contribution in [2.75, 3.05) is 23.7 Å². The van der Waals surface area contributed by atoms with Crippen molar-refractivity contribution in [3.63, 3.8) is 0 Å². The lowest BCUT2D eigenvalue weighted by atomic mass is 10.4. The second kappa shape index (κ2) is 8.76. The summed E-state index contributed by atoms with van der Waals surface area (Å²) in [7, 11) is -3.64. The molecule has 0 bridgehead atoms. The molecule has 3 aromatic heterocycles. The Balaban J connectivity index is 1.47. The van der Waals surface area contributed by atoms with Crippen molar-refractivity contribution >= 4 is 27.3 Å². The number of nitrogens with zero attached hydrogens (tertiary/aromatic N) is 5. The van der Waals surface area contributed by atoms with Gasteiger partial charge in [0, 0.05) is 43.4 Å². The van der Waals surface area contributed by atoms with Gasteiger partial charge in [-0.05, 0) is 38.1 Å². The topological polar surface area (TPSA) is 127 Å². The van der Waals surface area contributed by atoms with Crippen LogP contribution in [-0.4, -0.2) is 46.2 Å². The zero-order valence-corrected chi connectivity index (χ0v) is 16.4. The molecule has 3 rings (SSSR count). The molecule has 0 radical (unpaired) electrons. The van der Waals surface area contributed by atoms with Gasteiger partial charge in [-0.25, -0.2) is 18.1 Å². The first-order valence-corrected chi connectivity index (χ1v) is 10.2. The molecular formula is C17H22N8O2S. The van der Waals surface area contributed by atoms with E-state index in [-0.39, 0.29) is 17.6 Å².